The van der Waals surface area contributed by atoms with Crippen molar-refractivity contribution in [2.75, 3.05) is 6.79 Å². The third-order valence-corrected chi connectivity index (χ3v) is 4.92. The van der Waals surface area contributed by atoms with Crippen molar-refractivity contribution in [3.8, 4) is 11.5 Å². The second kappa shape index (κ2) is 6.55. The summed E-state index contributed by atoms with van der Waals surface area (Å²) in [5.74, 6) is 0.433. The van der Waals surface area contributed by atoms with Crippen molar-refractivity contribution in [1.29, 1.82) is 0 Å². The molecule has 25 heavy (non-hydrogen) atoms. The number of hydrogen-bond donors (Lipinski definition) is 2. The van der Waals surface area contributed by atoms with Gasteiger partial charge in [-0.2, -0.15) is 0 Å². The van der Waals surface area contributed by atoms with Crippen LogP contribution in [0, 0.1) is 0 Å². The number of amides is 1. The maximum Gasteiger partial charge on any atom is 0.251 e. The van der Waals surface area contributed by atoms with Crippen LogP contribution in [0.3, 0.4) is 0 Å². The third kappa shape index (κ3) is 3.71. The monoisotopic (exact) mass is 382 g/mol. The molecule has 132 valence electrons. The number of sulfonamides is 1. The van der Waals surface area contributed by atoms with E-state index < -0.39 is 16.1 Å². The van der Waals surface area contributed by atoms with E-state index in [1.54, 1.807) is 19.1 Å². The third-order valence-electron chi connectivity index (χ3n) is 3.72. The minimum absolute atomic E-state index is 0.0165. The van der Waals surface area contributed by atoms with Gasteiger partial charge >= 0.3 is 0 Å². The summed E-state index contributed by atoms with van der Waals surface area (Å²) < 4.78 is 33.3. The number of carbonyl (C=O) groups excluding carboxylic acids is 1. The van der Waals surface area contributed by atoms with Crippen LogP contribution in [0.5, 0.6) is 11.5 Å². The fourth-order valence-corrected chi connectivity index (χ4v) is 3.26. The minimum Gasteiger partial charge on any atom is -0.454 e. The summed E-state index contributed by atoms with van der Waals surface area (Å²) >= 11 is 6.08. The Hall–Kier alpha value is -2.29. The van der Waals surface area contributed by atoms with Gasteiger partial charge in [0.05, 0.1) is 16.0 Å². The molecule has 0 saturated carbocycles. The predicted molar refractivity (Wildman–Crippen MR) is 91.3 cm³/mol. The van der Waals surface area contributed by atoms with Gasteiger partial charge in [-0.05, 0) is 36.8 Å². The average molecular weight is 383 g/mol. The highest BCUT2D eigenvalue weighted by atomic mass is 35.5. The first-order valence-electron chi connectivity index (χ1n) is 7.28. The number of benzene rings is 2. The zero-order valence-electron chi connectivity index (χ0n) is 13.2. The molecule has 1 amide bonds. The van der Waals surface area contributed by atoms with Crippen molar-refractivity contribution < 1.29 is 22.7 Å². The summed E-state index contributed by atoms with van der Waals surface area (Å²) in [6.07, 6.45) is 0. The first kappa shape index (κ1) is 17.5. The number of halogens is 1. The van der Waals surface area contributed by atoms with E-state index in [0.29, 0.717) is 22.6 Å². The van der Waals surface area contributed by atoms with Crippen molar-refractivity contribution in [2.45, 2.75) is 17.9 Å². The van der Waals surface area contributed by atoms with Gasteiger partial charge < -0.3 is 14.8 Å². The molecular formula is C16H15ClN2O5S. The molecule has 9 heteroatoms. The zero-order chi connectivity index (χ0) is 18.2. The summed E-state index contributed by atoms with van der Waals surface area (Å²) in [5, 5.41) is 8.19. The van der Waals surface area contributed by atoms with Gasteiger partial charge in [0.25, 0.3) is 5.91 Å². The van der Waals surface area contributed by atoms with Gasteiger partial charge in [0.15, 0.2) is 11.5 Å². The number of nitrogens with two attached hydrogens (primary N) is 1. The van der Waals surface area contributed by atoms with Gasteiger partial charge in [0.2, 0.25) is 16.8 Å². The van der Waals surface area contributed by atoms with Crippen LogP contribution in [-0.2, 0) is 10.0 Å². The maximum absolute atomic E-state index is 12.5. The Kier molecular flexibility index (Phi) is 4.59. The maximum atomic E-state index is 12.5. The molecule has 3 rings (SSSR count). The fourth-order valence-electron chi connectivity index (χ4n) is 2.42. The van der Waals surface area contributed by atoms with Crippen LogP contribution in [0.25, 0.3) is 0 Å². The Bertz CT molecular complexity index is 946. The molecule has 0 radical (unpaired) electrons. The van der Waals surface area contributed by atoms with Crippen LogP contribution >= 0.6 is 11.6 Å². The van der Waals surface area contributed by atoms with Gasteiger partial charge in [0.1, 0.15) is 0 Å². The molecule has 0 aliphatic carbocycles. The quantitative estimate of drug-likeness (QED) is 0.842. The van der Waals surface area contributed by atoms with Crippen molar-refractivity contribution in [3.63, 3.8) is 0 Å². The summed E-state index contributed by atoms with van der Waals surface area (Å²) in [6, 6.07) is 8.66. The number of primary sulfonamides is 1. The molecule has 1 unspecified atom stereocenters. The second-order valence-electron chi connectivity index (χ2n) is 5.50. The summed E-state index contributed by atoms with van der Waals surface area (Å²) in [6.45, 7) is 1.78. The van der Waals surface area contributed by atoms with Gasteiger partial charge in [-0.15, -0.1) is 0 Å². The lowest BCUT2D eigenvalue weighted by Crippen LogP contribution is -2.27. The number of fused-ring (bicyclic) bond motifs is 1. The summed E-state index contributed by atoms with van der Waals surface area (Å²) in [7, 11) is -3.81. The number of nitrogens with one attached hydrogen (secondary N) is 1. The van der Waals surface area contributed by atoms with Gasteiger partial charge in [-0.25, -0.2) is 13.6 Å². The SMILES string of the molecule is CC(NC(=O)c1cc(Cl)c2c(c1)OCO2)c1cccc(S(N)(=O)=O)c1. The van der Waals surface area contributed by atoms with Gasteiger partial charge in [-0.1, -0.05) is 23.7 Å². The van der Waals surface area contributed by atoms with Crippen molar-refractivity contribution in [2.24, 2.45) is 5.14 Å². The number of hydrogen-bond acceptors (Lipinski definition) is 5. The molecule has 0 fully saturated rings. The fraction of sp³-hybridized carbons (Fsp3) is 0.188. The molecule has 1 aliphatic heterocycles. The zero-order valence-corrected chi connectivity index (χ0v) is 14.7. The van der Waals surface area contributed by atoms with Gasteiger partial charge in [-0.3, -0.25) is 4.79 Å². The highest BCUT2D eigenvalue weighted by Gasteiger charge is 2.21. The Morgan fingerprint density at radius 1 is 1.28 bits per heavy atom. The van der Waals surface area contributed by atoms with Crippen molar-refractivity contribution in [3.05, 3.63) is 52.5 Å². The van der Waals surface area contributed by atoms with Crippen molar-refractivity contribution in [1.82, 2.24) is 5.32 Å². The molecule has 7 nitrogen and oxygen atoms in total. The molecule has 0 saturated heterocycles. The average Bonchev–Trinajstić information content (AvgIpc) is 3.03. The molecule has 1 atom stereocenters. The highest BCUT2D eigenvalue weighted by molar-refractivity contribution is 7.89. The molecule has 0 bridgehead atoms. The van der Waals surface area contributed by atoms with E-state index in [1.165, 1.54) is 24.3 Å². The van der Waals surface area contributed by atoms with E-state index in [0.717, 1.165) is 0 Å². The Labute approximate surface area is 149 Å². The Morgan fingerprint density at radius 3 is 2.76 bits per heavy atom. The lowest BCUT2D eigenvalue weighted by molar-refractivity contribution is 0.0939. The van der Waals surface area contributed by atoms with Crippen LogP contribution < -0.4 is 19.9 Å². The topological polar surface area (TPSA) is 108 Å². The summed E-state index contributed by atoms with van der Waals surface area (Å²) in [4.78, 5) is 12.4. The van der Waals surface area contributed by atoms with Crippen LogP contribution in [0.1, 0.15) is 28.9 Å². The number of rotatable bonds is 4. The molecule has 1 aliphatic rings. The van der Waals surface area contributed by atoms with Crippen LogP contribution in [0.4, 0.5) is 0 Å². The summed E-state index contributed by atoms with van der Waals surface area (Å²) in [5.41, 5.74) is 0.912. The normalized spacial score (nSPS) is 14.2. The van der Waals surface area contributed by atoms with Crippen LogP contribution in [-0.4, -0.2) is 21.1 Å². The first-order valence-corrected chi connectivity index (χ1v) is 9.21. The Morgan fingerprint density at radius 2 is 2.04 bits per heavy atom. The van der Waals surface area contributed by atoms with E-state index >= 15 is 0 Å². The molecule has 0 spiro atoms. The van der Waals surface area contributed by atoms with Crippen LogP contribution in [0.15, 0.2) is 41.3 Å². The van der Waals surface area contributed by atoms with E-state index in [2.05, 4.69) is 5.32 Å². The second-order valence-corrected chi connectivity index (χ2v) is 7.47. The standard InChI is InChI=1S/C16H15ClN2O5S/c1-9(10-3-2-4-12(5-10)25(18,21)22)19-16(20)11-6-13(17)15-14(7-11)23-8-24-15/h2-7,9H,8H2,1H3,(H,19,20)(H2,18,21,22). The molecule has 1 heterocycles. The molecule has 3 N–H and O–H groups in total. The smallest absolute Gasteiger partial charge is 0.251 e. The van der Waals surface area contributed by atoms with E-state index in [1.807, 2.05) is 0 Å². The Balaban J connectivity index is 1.81. The number of ether oxygens (including phenoxy) is 2. The number of carbonyl (C=O) groups is 1. The van der Waals surface area contributed by atoms with Crippen LogP contribution in [0.2, 0.25) is 5.02 Å². The predicted octanol–water partition coefficient (Wildman–Crippen LogP) is 2.21. The molecule has 0 aromatic heterocycles. The van der Waals surface area contributed by atoms with E-state index in [4.69, 9.17) is 26.2 Å². The van der Waals surface area contributed by atoms with Crippen molar-refractivity contribution >= 4 is 27.5 Å². The molecular weight excluding hydrogens is 368 g/mol. The highest BCUT2D eigenvalue weighted by Crippen LogP contribution is 2.39. The lowest BCUT2D eigenvalue weighted by atomic mass is 10.1. The largest absolute Gasteiger partial charge is 0.454 e. The van der Waals surface area contributed by atoms with E-state index in [9.17, 15) is 13.2 Å². The lowest BCUT2D eigenvalue weighted by Gasteiger charge is -2.15. The van der Waals surface area contributed by atoms with Gasteiger partial charge in [0, 0.05) is 5.56 Å². The molecule has 2 aromatic carbocycles. The first-order chi connectivity index (χ1) is 11.8. The molecule has 2 aromatic rings. The van der Waals surface area contributed by atoms with E-state index in [-0.39, 0.29) is 22.6 Å². The minimum atomic E-state index is -3.81.